The maximum atomic E-state index is 12.3. The first kappa shape index (κ1) is 20.5. The Morgan fingerprint density at radius 1 is 1.08 bits per heavy atom. The fourth-order valence-electron chi connectivity index (χ4n) is 2.16. The van der Waals surface area contributed by atoms with E-state index in [4.69, 9.17) is 0 Å². The van der Waals surface area contributed by atoms with E-state index in [-0.39, 0.29) is 23.4 Å². The maximum absolute atomic E-state index is 12.3. The molecule has 1 amide bonds. The number of sulfonamides is 1. The van der Waals surface area contributed by atoms with Crippen LogP contribution in [-0.2, 0) is 20.2 Å². The number of benzene rings is 1. The SMILES string of the molecule is CCC(C)(C)NC(=O)CN(c1ccc(C(C)(C)C)cc1)S(C)(=O)=O. The van der Waals surface area contributed by atoms with Gasteiger partial charge in [-0.1, -0.05) is 39.8 Å². The van der Waals surface area contributed by atoms with Gasteiger partial charge in [-0.05, 0) is 43.4 Å². The van der Waals surface area contributed by atoms with Gasteiger partial charge in [-0.15, -0.1) is 0 Å². The Bertz CT molecular complexity index is 671. The summed E-state index contributed by atoms with van der Waals surface area (Å²) in [5.41, 5.74) is 1.22. The van der Waals surface area contributed by atoms with Crippen molar-refractivity contribution in [3.8, 4) is 0 Å². The maximum Gasteiger partial charge on any atom is 0.241 e. The Morgan fingerprint density at radius 2 is 1.58 bits per heavy atom. The van der Waals surface area contributed by atoms with E-state index >= 15 is 0 Å². The molecule has 1 rings (SSSR count). The largest absolute Gasteiger partial charge is 0.350 e. The molecule has 0 saturated carbocycles. The molecule has 0 atom stereocenters. The zero-order valence-corrected chi connectivity index (χ0v) is 16.6. The number of carbonyl (C=O) groups is 1. The predicted octanol–water partition coefficient (Wildman–Crippen LogP) is 3.05. The molecule has 1 aromatic carbocycles. The highest BCUT2D eigenvalue weighted by molar-refractivity contribution is 7.92. The van der Waals surface area contributed by atoms with Crippen molar-refractivity contribution in [1.82, 2.24) is 5.32 Å². The fraction of sp³-hybridized carbons (Fsp3) is 0.611. The summed E-state index contributed by atoms with van der Waals surface area (Å²) in [7, 11) is -3.55. The van der Waals surface area contributed by atoms with Gasteiger partial charge in [0, 0.05) is 5.54 Å². The van der Waals surface area contributed by atoms with Crippen molar-refractivity contribution in [2.75, 3.05) is 17.1 Å². The summed E-state index contributed by atoms with van der Waals surface area (Å²) in [5.74, 6) is -0.313. The lowest BCUT2D eigenvalue weighted by atomic mass is 9.87. The number of anilines is 1. The van der Waals surface area contributed by atoms with Gasteiger partial charge >= 0.3 is 0 Å². The van der Waals surface area contributed by atoms with Gasteiger partial charge in [0.2, 0.25) is 15.9 Å². The number of carbonyl (C=O) groups excluding carboxylic acids is 1. The van der Waals surface area contributed by atoms with Crippen LogP contribution in [0.4, 0.5) is 5.69 Å². The molecule has 0 aliphatic carbocycles. The molecular formula is C18H30N2O3S. The number of hydrogen-bond donors (Lipinski definition) is 1. The molecule has 24 heavy (non-hydrogen) atoms. The van der Waals surface area contributed by atoms with Crippen LogP contribution in [0, 0.1) is 0 Å². The lowest BCUT2D eigenvalue weighted by Crippen LogP contribution is -2.48. The molecular weight excluding hydrogens is 324 g/mol. The molecule has 136 valence electrons. The van der Waals surface area contributed by atoms with Crippen LogP contribution < -0.4 is 9.62 Å². The molecule has 1 aromatic rings. The summed E-state index contributed by atoms with van der Waals surface area (Å²) in [4.78, 5) is 12.3. The zero-order chi connectivity index (χ0) is 18.8. The monoisotopic (exact) mass is 354 g/mol. The standard InChI is InChI=1S/C18H30N2O3S/c1-8-18(5,6)19-16(21)13-20(24(7,22)23)15-11-9-14(10-12-15)17(2,3)4/h9-12H,8,13H2,1-7H3,(H,19,21). The average molecular weight is 355 g/mol. The van der Waals surface area contributed by atoms with Crippen LogP contribution in [0.15, 0.2) is 24.3 Å². The molecule has 0 bridgehead atoms. The fourth-order valence-corrected chi connectivity index (χ4v) is 3.02. The molecule has 0 heterocycles. The summed E-state index contributed by atoms with van der Waals surface area (Å²) in [6.45, 7) is 11.8. The van der Waals surface area contributed by atoms with Crippen molar-refractivity contribution < 1.29 is 13.2 Å². The Kier molecular flexibility index (Phi) is 6.09. The Hall–Kier alpha value is -1.56. The van der Waals surface area contributed by atoms with E-state index in [2.05, 4.69) is 26.1 Å². The second kappa shape index (κ2) is 7.13. The predicted molar refractivity (Wildman–Crippen MR) is 99.8 cm³/mol. The van der Waals surface area contributed by atoms with Crippen molar-refractivity contribution in [2.45, 2.75) is 58.9 Å². The van der Waals surface area contributed by atoms with E-state index in [1.807, 2.05) is 32.9 Å². The molecule has 5 nitrogen and oxygen atoms in total. The number of rotatable bonds is 6. The minimum Gasteiger partial charge on any atom is -0.350 e. The van der Waals surface area contributed by atoms with Crippen LogP contribution in [-0.4, -0.2) is 32.7 Å². The van der Waals surface area contributed by atoms with E-state index in [1.165, 1.54) is 0 Å². The molecule has 0 spiro atoms. The molecule has 1 N–H and O–H groups in total. The second-order valence-corrected chi connectivity index (χ2v) is 9.76. The molecule has 0 aromatic heterocycles. The summed E-state index contributed by atoms with van der Waals surface area (Å²) in [6, 6.07) is 7.31. The summed E-state index contributed by atoms with van der Waals surface area (Å²) in [6.07, 6.45) is 1.88. The molecule has 0 unspecified atom stereocenters. The first-order valence-electron chi connectivity index (χ1n) is 8.15. The smallest absolute Gasteiger partial charge is 0.241 e. The van der Waals surface area contributed by atoms with Gasteiger partial charge in [0.25, 0.3) is 0 Å². The van der Waals surface area contributed by atoms with Crippen LogP contribution in [0.5, 0.6) is 0 Å². The lowest BCUT2D eigenvalue weighted by Gasteiger charge is -2.28. The highest BCUT2D eigenvalue weighted by Gasteiger charge is 2.25. The Morgan fingerprint density at radius 3 is 1.96 bits per heavy atom. The van der Waals surface area contributed by atoms with Gasteiger partial charge in [-0.25, -0.2) is 8.42 Å². The Labute approximate surface area is 146 Å². The van der Waals surface area contributed by atoms with Gasteiger partial charge in [0.15, 0.2) is 0 Å². The van der Waals surface area contributed by atoms with Gasteiger partial charge in [-0.2, -0.15) is 0 Å². The van der Waals surface area contributed by atoms with Crippen molar-refractivity contribution in [2.24, 2.45) is 0 Å². The van der Waals surface area contributed by atoms with E-state index in [1.54, 1.807) is 12.1 Å². The third-order valence-electron chi connectivity index (χ3n) is 4.07. The number of amides is 1. The first-order valence-corrected chi connectivity index (χ1v) is 10.0. The molecule has 0 saturated heterocycles. The second-order valence-electron chi connectivity index (χ2n) is 7.85. The lowest BCUT2D eigenvalue weighted by molar-refractivity contribution is -0.121. The highest BCUT2D eigenvalue weighted by Crippen LogP contribution is 2.25. The van der Waals surface area contributed by atoms with Crippen molar-refractivity contribution in [3.63, 3.8) is 0 Å². The Balaban J connectivity index is 3.05. The van der Waals surface area contributed by atoms with Crippen LogP contribution >= 0.6 is 0 Å². The van der Waals surface area contributed by atoms with Crippen molar-refractivity contribution >= 4 is 21.6 Å². The van der Waals surface area contributed by atoms with E-state index in [0.29, 0.717) is 5.69 Å². The highest BCUT2D eigenvalue weighted by atomic mass is 32.2. The molecule has 6 heteroatoms. The molecule has 0 radical (unpaired) electrons. The molecule has 0 aliphatic rings. The van der Waals surface area contributed by atoms with E-state index in [9.17, 15) is 13.2 Å². The minimum absolute atomic E-state index is 0.0169. The third-order valence-corrected chi connectivity index (χ3v) is 5.21. The zero-order valence-electron chi connectivity index (χ0n) is 15.8. The van der Waals surface area contributed by atoms with Crippen LogP contribution in [0.2, 0.25) is 0 Å². The topological polar surface area (TPSA) is 66.5 Å². The first-order chi connectivity index (χ1) is 10.8. The van der Waals surface area contributed by atoms with Gasteiger partial charge in [-0.3, -0.25) is 9.10 Å². The summed E-state index contributed by atoms with van der Waals surface area (Å²) >= 11 is 0. The quantitative estimate of drug-likeness (QED) is 0.854. The summed E-state index contributed by atoms with van der Waals surface area (Å²) < 4.78 is 25.4. The van der Waals surface area contributed by atoms with Crippen molar-refractivity contribution in [1.29, 1.82) is 0 Å². The number of hydrogen-bond acceptors (Lipinski definition) is 3. The molecule has 0 fully saturated rings. The van der Waals surface area contributed by atoms with Crippen LogP contribution in [0.1, 0.15) is 53.5 Å². The van der Waals surface area contributed by atoms with Crippen LogP contribution in [0.3, 0.4) is 0 Å². The summed E-state index contributed by atoms with van der Waals surface area (Å²) in [5, 5.41) is 2.87. The van der Waals surface area contributed by atoms with Crippen molar-refractivity contribution in [3.05, 3.63) is 29.8 Å². The van der Waals surface area contributed by atoms with Crippen LogP contribution in [0.25, 0.3) is 0 Å². The minimum atomic E-state index is -3.55. The third kappa shape index (κ3) is 5.82. The molecule has 0 aliphatic heterocycles. The van der Waals surface area contributed by atoms with E-state index < -0.39 is 10.0 Å². The van der Waals surface area contributed by atoms with Gasteiger partial charge in [0.05, 0.1) is 11.9 Å². The van der Waals surface area contributed by atoms with Gasteiger partial charge in [0.1, 0.15) is 6.54 Å². The number of nitrogens with one attached hydrogen (secondary N) is 1. The average Bonchev–Trinajstić information content (AvgIpc) is 2.42. The normalized spacial score (nSPS) is 12.8. The van der Waals surface area contributed by atoms with E-state index in [0.717, 1.165) is 22.5 Å². The van der Waals surface area contributed by atoms with Gasteiger partial charge < -0.3 is 5.32 Å². The number of nitrogens with zero attached hydrogens (tertiary/aromatic N) is 1.